The summed E-state index contributed by atoms with van der Waals surface area (Å²) in [6.07, 6.45) is 3.39. The number of rotatable bonds is 4. The van der Waals surface area contributed by atoms with Crippen LogP contribution in [0, 0.1) is 0 Å². The number of methoxy groups -OCH3 is 1. The van der Waals surface area contributed by atoms with Crippen LogP contribution in [0.1, 0.15) is 6.92 Å². The Bertz CT molecular complexity index is 695. The van der Waals surface area contributed by atoms with E-state index < -0.39 is 0 Å². The fourth-order valence-corrected chi connectivity index (χ4v) is 2.72. The number of hydrogen-bond donors (Lipinski definition) is 0. The molecule has 0 spiro atoms. The highest BCUT2D eigenvalue weighted by Gasteiger charge is 2.23. The topological polar surface area (TPSA) is 67.8 Å². The molecule has 1 aromatic heterocycles. The minimum Gasteiger partial charge on any atom is -0.497 e. The minimum absolute atomic E-state index is 0.252. The van der Waals surface area contributed by atoms with E-state index in [4.69, 9.17) is 9.47 Å². The van der Waals surface area contributed by atoms with Gasteiger partial charge < -0.3 is 19.3 Å². The summed E-state index contributed by atoms with van der Waals surface area (Å²) in [7, 11) is 1.65. The van der Waals surface area contributed by atoms with Gasteiger partial charge in [-0.05, 0) is 24.6 Å². The highest BCUT2D eigenvalue weighted by atomic mass is 16.6. The van der Waals surface area contributed by atoms with Crippen LogP contribution in [-0.2, 0) is 4.74 Å². The van der Waals surface area contributed by atoms with E-state index in [-0.39, 0.29) is 6.09 Å². The number of nitrogens with zero attached hydrogens (tertiary/aromatic N) is 4. The zero-order valence-corrected chi connectivity index (χ0v) is 14.5. The Morgan fingerprint density at radius 2 is 1.68 bits per heavy atom. The highest BCUT2D eigenvalue weighted by Crippen LogP contribution is 2.22. The van der Waals surface area contributed by atoms with Crippen molar-refractivity contribution in [1.29, 1.82) is 0 Å². The van der Waals surface area contributed by atoms with Crippen LogP contribution in [0.4, 0.5) is 10.7 Å². The molecule has 1 aliphatic rings. The van der Waals surface area contributed by atoms with Gasteiger partial charge in [0.05, 0.1) is 13.7 Å². The predicted octanol–water partition coefficient (Wildman–Crippen LogP) is 2.43. The van der Waals surface area contributed by atoms with Gasteiger partial charge in [-0.25, -0.2) is 14.8 Å². The lowest BCUT2D eigenvalue weighted by Gasteiger charge is -2.33. The van der Waals surface area contributed by atoms with Crippen molar-refractivity contribution in [1.82, 2.24) is 14.9 Å². The number of benzene rings is 1. The number of aromatic nitrogens is 2. The molecule has 1 saturated heterocycles. The molecule has 7 heteroatoms. The van der Waals surface area contributed by atoms with E-state index in [1.54, 1.807) is 12.0 Å². The van der Waals surface area contributed by atoms with E-state index in [1.165, 1.54) is 0 Å². The van der Waals surface area contributed by atoms with Crippen LogP contribution in [0.5, 0.6) is 5.75 Å². The molecule has 0 bridgehead atoms. The molecule has 2 heterocycles. The lowest BCUT2D eigenvalue weighted by atomic mass is 10.1. The maximum Gasteiger partial charge on any atom is 0.409 e. The maximum absolute atomic E-state index is 11.7. The molecule has 3 rings (SSSR count). The molecule has 1 aliphatic heterocycles. The lowest BCUT2D eigenvalue weighted by molar-refractivity contribution is 0.105. The second-order valence-corrected chi connectivity index (χ2v) is 5.67. The summed E-state index contributed by atoms with van der Waals surface area (Å²) in [5.74, 6) is 1.50. The van der Waals surface area contributed by atoms with Gasteiger partial charge in [0.15, 0.2) is 0 Å². The van der Waals surface area contributed by atoms with Gasteiger partial charge in [0, 0.05) is 44.1 Å². The first-order chi connectivity index (χ1) is 12.2. The maximum atomic E-state index is 11.7. The fraction of sp³-hybridized carbons (Fsp3) is 0.389. The molecule has 7 nitrogen and oxygen atoms in total. The van der Waals surface area contributed by atoms with E-state index in [0.29, 0.717) is 38.7 Å². The molecule has 0 radical (unpaired) electrons. The van der Waals surface area contributed by atoms with Crippen molar-refractivity contribution in [3.8, 4) is 16.9 Å². The van der Waals surface area contributed by atoms with Gasteiger partial charge in [-0.15, -0.1) is 0 Å². The SMILES string of the molecule is CCOC(=O)N1CCN(c2ncc(-c3ccc(OC)cc3)cn2)CC1. The molecule has 0 aliphatic carbocycles. The molecule has 132 valence electrons. The van der Waals surface area contributed by atoms with Crippen LogP contribution in [0.15, 0.2) is 36.7 Å². The predicted molar refractivity (Wildman–Crippen MR) is 94.8 cm³/mol. The van der Waals surface area contributed by atoms with E-state index in [1.807, 2.05) is 43.6 Å². The van der Waals surface area contributed by atoms with Gasteiger partial charge in [-0.1, -0.05) is 12.1 Å². The standard InChI is InChI=1S/C18H22N4O3/c1-3-25-18(23)22-10-8-21(9-11-22)17-19-12-15(13-20-17)14-4-6-16(24-2)7-5-14/h4-7,12-13H,3,8-11H2,1-2H3. The lowest BCUT2D eigenvalue weighted by Crippen LogP contribution is -2.49. The molecule has 1 amide bonds. The molecular weight excluding hydrogens is 320 g/mol. The Balaban J connectivity index is 1.62. The van der Waals surface area contributed by atoms with Crippen molar-refractivity contribution in [2.45, 2.75) is 6.92 Å². The van der Waals surface area contributed by atoms with Gasteiger partial charge >= 0.3 is 6.09 Å². The third-order valence-electron chi connectivity index (χ3n) is 4.15. The summed E-state index contributed by atoms with van der Waals surface area (Å²) in [5.41, 5.74) is 2.00. The van der Waals surface area contributed by atoms with Crippen LogP contribution < -0.4 is 9.64 Å². The molecule has 0 N–H and O–H groups in total. The Kier molecular flexibility index (Phi) is 5.33. The second-order valence-electron chi connectivity index (χ2n) is 5.67. The first kappa shape index (κ1) is 17.0. The van der Waals surface area contributed by atoms with E-state index in [0.717, 1.165) is 16.9 Å². The Morgan fingerprint density at radius 3 is 2.24 bits per heavy atom. The normalized spacial score (nSPS) is 14.3. The summed E-state index contributed by atoms with van der Waals surface area (Å²) in [6, 6.07) is 7.79. The van der Waals surface area contributed by atoms with Crippen LogP contribution in [0.25, 0.3) is 11.1 Å². The average molecular weight is 342 g/mol. The van der Waals surface area contributed by atoms with Crippen LogP contribution >= 0.6 is 0 Å². The highest BCUT2D eigenvalue weighted by molar-refractivity contribution is 5.68. The Hall–Kier alpha value is -2.83. The first-order valence-electron chi connectivity index (χ1n) is 8.34. The zero-order chi connectivity index (χ0) is 17.6. The average Bonchev–Trinajstić information content (AvgIpc) is 2.68. The van der Waals surface area contributed by atoms with Crippen molar-refractivity contribution >= 4 is 12.0 Å². The number of amides is 1. The van der Waals surface area contributed by atoms with Crippen molar-refractivity contribution < 1.29 is 14.3 Å². The van der Waals surface area contributed by atoms with Crippen LogP contribution in [-0.4, -0.2) is 60.9 Å². The molecular formula is C18H22N4O3. The monoisotopic (exact) mass is 342 g/mol. The summed E-state index contributed by atoms with van der Waals surface area (Å²) < 4.78 is 10.2. The third kappa shape index (κ3) is 3.99. The van der Waals surface area contributed by atoms with E-state index >= 15 is 0 Å². The molecule has 25 heavy (non-hydrogen) atoms. The van der Waals surface area contributed by atoms with Crippen molar-refractivity contribution in [2.75, 3.05) is 44.8 Å². The smallest absolute Gasteiger partial charge is 0.409 e. The van der Waals surface area contributed by atoms with Crippen LogP contribution in [0.2, 0.25) is 0 Å². The fourth-order valence-electron chi connectivity index (χ4n) is 2.72. The quantitative estimate of drug-likeness (QED) is 0.850. The number of carbonyl (C=O) groups is 1. The summed E-state index contributed by atoms with van der Waals surface area (Å²) in [4.78, 5) is 24.5. The van der Waals surface area contributed by atoms with Gasteiger partial charge in [0.1, 0.15) is 5.75 Å². The van der Waals surface area contributed by atoms with Crippen molar-refractivity contribution in [2.24, 2.45) is 0 Å². The largest absolute Gasteiger partial charge is 0.497 e. The van der Waals surface area contributed by atoms with Gasteiger partial charge in [0.2, 0.25) is 5.95 Å². The molecule has 1 fully saturated rings. The van der Waals surface area contributed by atoms with Crippen LogP contribution in [0.3, 0.4) is 0 Å². The molecule has 0 unspecified atom stereocenters. The van der Waals surface area contributed by atoms with Gasteiger partial charge in [-0.2, -0.15) is 0 Å². The summed E-state index contributed by atoms with van der Waals surface area (Å²) in [5, 5.41) is 0. The first-order valence-corrected chi connectivity index (χ1v) is 8.34. The van der Waals surface area contributed by atoms with E-state index in [2.05, 4.69) is 14.9 Å². The number of carbonyl (C=O) groups excluding carboxylic acids is 1. The number of ether oxygens (including phenoxy) is 2. The van der Waals surface area contributed by atoms with Crippen molar-refractivity contribution in [3.05, 3.63) is 36.7 Å². The van der Waals surface area contributed by atoms with E-state index in [9.17, 15) is 4.79 Å². The zero-order valence-electron chi connectivity index (χ0n) is 14.5. The second kappa shape index (κ2) is 7.83. The molecule has 0 saturated carbocycles. The summed E-state index contributed by atoms with van der Waals surface area (Å²) >= 11 is 0. The van der Waals surface area contributed by atoms with Crippen molar-refractivity contribution in [3.63, 3.8) is 0 Å². The number of hydrogen-bond acceptors (Lipinski definition) is 6. The Morgan fingerprint density at radius 1 is 1.04 bits per heavy atom. The summed E-state index contributed by atoms with van der Waals surface area (Å²) in [6.45, 7) is 4.83. The molecule has 1 aromatic carbocycles. The van der Waals surface area contributed by atoms with Gasteiger partial charge in [-0.3, -0.25) is 0 Å². The minimum atomic E-state index is -0.252. The number of anilines is 1. The molecule has 2 aromatic rings. The molecule has 0 atom stereocenters. The Labute approximate surface area is 147 Å². The number of piperazine rings is 1. The van der Waals surface area contributed by atoms with Gasteiger partial charge in [0.25, 0.3) is 0 Å². The third-order valence-corrected chi connectivity index (χ3v) is 4.15.